The molecule has 16 heavy (non-hydrogen) atoms. The van der Waals surface area contributed by atoms with Crippen LogP contribution in [0.5, 0.6) is 0 Å². The van der Waals surface area contributed by atoms with Gasteiger partial charge in [0.15, 0.2) is 0 Å². The lowest BCUT2D eigenvalue weighted by molar-refractivity contribution is 0.616. The molecule has 0 saturated carbocycles. The minimum Gasteiger partial charge on any atom is -0.265 e. The van der Waals surface area contributed by atoms with Gasteiger partial charge in [0.05, 0.1) is 12.2 Å². The number of hydrogen-bond donors (Lipinski definition) is 0. The van der Waals surface area contributed by atoms with Crippen LogP contribution in [0, 0.1) is 19.7 Å². The quantitative estimate of drug-likeness (QED) is 0.785. The van der Waals surface area contributed by atoms with Crippen LogP contribution in [0.1, 0.15) is 17.0 Å². The van der Waals surface area contributed by atoms with Gasteiger partial charge in [0.2, 0.25) is 0 Å². The van der Waals surface area contributed by atoms with Crippen molar-refractivity contribution in [3.8, 4) is 0 Å². The molecule has 0 bridgehead atoms. The molecule has 2 aromatic rings. The van der Waals surface area contributed by atoms with Gasteiger partial charge in [-0.1, -0.05) is 11.6 Å². The SMILES string of the molecule is Cc1cc(C)n(Cc2cc(F)ccc2Cl)n1. The number of benzene rings is 1. The van der Waals surface area contributed by atoms with Crippen LogP contribution in [0.15, 0.2) is 24.3 Å². The van der Waals surface area contributed by atoms with Gasteiger partial charge in [0.25, 0.3) is 0 Å². The average Bonchev–Trinajstić information content (AvgIpc) is 2.51. The summed E-state index contributed by atoms with van der Waals surface area (Å²) in [6, 6.07) is 6.34. The lowest BCUT2D eigenvalue weighted by Crippen LogP contribution is -2.04. The van der Waals surface area contributed by atoms with Crippen LogP contribution < -0.4 is 0 Å². The second-order valence-electron chi connectivity index (χ2n) is 3.82. The van der Waals surface area contributed by atoms with Gasteiger partial charge < -0.3 is 0 Å². The Hall–Kier alpha value is -1.35. The average molecular weight is 239 g/mol. The Morgan fingerprint density at radius 3 is 2.69 bits per heavy atom. The van der Waals surface area contributed by atoms with Gasteiger partial charge in [-0.2, -0.15) is 5.10 Å². The number of rotatable bonds is 2. The molecule has 2 rings (SSSR count). The standard InChI is InChI=1S/C12H12ClFN2/c1-8-5-9(2)16(15-8)7-10-6-11(14)3-4-12(10)13/h3-6H,7H2,1-2H3. The van der Waals surface area contributed by atoms with E-state index in [2.05, 4.69) is 5.10 Å². The minimum absolute atomic E-state index is 0.277. The van der Waals surface area contributed by atoms with Crippen LogP contribution in [0.4, 0.5) is 4.39 Å². The Bertz CT molecular complexity index is 520. The van der Waals surface area contributed by atoms with E-state index in [0.717, 1.165) is 17.0 Å². The maximum Gasteiger partial charge on any atom is 0.123 e. The number of aromatic nitrogens is 2. The zero-order valence-electron chi connectivity index (χ0n) is 9.17. The van der Waals surface area contributed by atoms with Crippen molar-refractivity contribution in [2.75, 3.05) is 0 Å². The summed E-state index contributed by atoms with van der Waals surface area (Å²) in [4.78, 5) is 0. The lowest BCUT2D eigenvalue weighted by atomic mass is 10.2. The van der Waals surface area contributed by atoms with Gasteiger partial charge in [0.1, 0.15) is 5.82 Å². The van der Waals surface area contributed by atoms with Crippen LogP contribution in [-0.2, 0) is 6.54 Å². The van der Waals surface area contributed by atoms with E-state index < -0.39 is 0 Å². The molecule has 0 amide bonds. The van der Waals surface area contributed by atoms with E-state index in [1.807, 2.05) is 24.6 Å². The molecule has 4 heteroatoms. The number of nitrogens with zero attached hydrogens (tertiary/aromatic N) is 2. The fourth-order valence-corrected chi connectivity index (χ4v) is 1.84. The molecule has 0 N–H and O–H groups in total. The van der Waals surface area contributed by atoms with Crippen LogP contribution >= 0.6 is 11.6 Å². The van der Waals surface area contributed by atoms with Crippen molar-refractivity contribution < 1.29 is 4.39 Å². The molecule has 0 aliphatic rings. The van der Waals surface area contributed by atoms with Gasteiger partial charge >= 0.3 is 0 Å². The van der Waals surface area contributed by atoms with Crippen molar-refractivity contribution in [1.29, 1.82) is 0 Å². The maximum absolute atomic E-state index is 13.1. The van der Waals surface area contributed by atoms with Crippen molar-refractivity contribution >= 4 is 11.6 Å². The van der Waals surface area contributed by atoms with Crippen molar-refractivity contribution in [3.63, 3.8) is 0 Å². The summed E-state index contributed by atoms with van der Waals surface area (Å²) in [5, 5.41) is 4.88. The summed E-state index contributed by atoms with van der Waals surface area (Å²) in [6.45, 7) is 4.39. The van der Waals surface area contributed by atoms with Crippen LogP contribution in [0.3, 0.4) is 0 Å². The van der Waals surface area contributed by atoms with E-state index in [0.29, 0.717) is 11.6 Å². The van der Waals surface area contributed by atoms with E-state index in [1.54, 1.807) is 6.07 Å². The first-order chi connectivity index (χ1) is 7.56. The van der Waals surface area contributed by atoms with E-state index in [4.69, 9.17) is 11.6 Å². The van der Waals surface area contributed by atoms with E-state index in [9.17, 15) is 4.39 Å². The number of halogens is 2. The second kappa shape index (κ2) is 4.26. The molecule has 1 heterocycles. The Morgan fingerprint density at radius 2 is 2.06 bits per heavy atom. The van der Waals surface area contributed by atoms with Crippen LogP contribution in [0.25, 0.3) is 0 Å². The molecule has 1 aromatic carbocycles. The fraction of sp³-hybridized carbons (Fsp3) is 0.250. The Balaban J connectivity index is 2.33. The lowest BCUT2D eigenvalue weighted by Gasteiger charge is -2.06. The minimum atomic E-state index is -0.277. The molecule has 0 spiro atoms. The van der Waals surface area contributed by atoms with Crippen LogP contribution in [-0.4, -0.2) is 9.78 Å². The predicted molar refractivity (Wildman–Crippen MR) is 62.2 cm³/mol. The highest BCUT2D eigenvalue weighted by Crippen LogP contribution is 2.18. The molecule has 0 fully saturated rings. The Labute approximate surface area is 98.7 Å². The third-order valence-electron chi connectivity index (χ3n) is 2.43. The van der Waals surface area contributed by atoms with Gasteiger partial charge in [-0.05, 0) is 43.7 Å². The van der Waals surface area contributed by atoms with Crippen molar-refractivity contribution in [2.45, 2.75) is 20.4 Å². The highest BCUT2D eigenvalue weighted by molar-refractivity contribution is 6.31. The molecule has 0 unspecified atom stereocenters. The largest absolute Gasteiger partial charge is 0.265 e. The molecule has 0 aliphatic heterocycles. The predicted octanol–water partition coefficient (Wildman–Crippen LogP) is 3.34. The highest BCUT2D eigenvalue weighted by Gasteiger charge is 2.06. The fourth-order valence-electron chi connectivity index (χ4n) is 1.66. The van der Waals surface area contributed by atoms with E-state index in [-0.39, 0.29) is 5.82 Å². The third-order valence-corrected chi connectivity index (χ3v) is 2.80. The Morgan fingerprint density at radius 1 is 1.31 bits per heavy atom. The van der Waals surface area contributed by atoms with Gasteiger partial charge in [-0.3, -0.25) is 4.68 Å². The second-order valence-corrected chi connectivity index (χ2v) is 4.23. The summed E-state index contributed by atoms with van der Waals surface area (Å²) in [6.07, 6.45) is 0. The molecule has 84 valence electrons. The summed E-state index contributed by atoms with van der Waals surface area (Å²) in [5.74, 6) is -0.277. The Kier molecular flexibility index (Phi) is 2.97. The molecule has 1 aromatic heterocycles. The van der Waals surface area contributed by atoms with E-state index >= 15 is 0 Å². The molecule has 0 atom stereocenters. The first-order valence-corrected chi connectivity index (χ1v) is 5.39. The summed E-state index contributed by atoms with van der Waals surface area (Å²) >= 11 is 6.00. The summed E-state index contributed by atoms with van der Waals surface area (Å²) < 4.78 is 14.9. The highest BCUT2D eigenvalue weighted by atomic mass is 35.5. The van der Waals surface area contributed by atoms with Gasteiger partial charge in [-0.15, -0.1) is 0 Å². The first kappa shape index (κ1) is 11.1. The molecule has 2 nitrogen and oxygen atoms in total. The van der Waals surface area contributed by atoms with Crippen molar-refractivity contribution in [3.05, 3.63) is 52.1 Å². The van der Waals surface area contributed by atoms with Gasteiger partial charge in [0, 0.05) is 10.7 Å². The number of aryl methyl sites for hydroxylation is 2. The van der Waals surface area contributed by atoms with Crippen molar-refractivity contribution in [1.82, 2.24) is 9.78 Å². The van der Waals surface area contributed by atoms with Crippen molar-refractivity contribution in [2.24, 2.45) is 0 Å². The molecular weight excluding hydrogens is 227 g/mol. The third kappa shape index (κ3) is 2.25. The number of hydrogen-bond acceptors (Lipinski definition) is 1. The smallest absolute Gasteiger partial charge is 0.123 e. The van der Waals surface area contributed by atoms with Gasteiger partial charge in [-0.25, -0.2) is 4.39 Å². The monoisotopic (exact) mass is 238 g/mol. The zero-order valence-corrected chi connectivity index (χ0v) is 9.92. The molecule has 0 radical (unpaired) electrons. The molecule has 0 aliphatic carbocycles. The topological polar surface area (TPSA) is 17.8 Å². The normalized spacial score (nSPS) is 10.8. The zero-order chi connectivity index (χ0) is 11.7. The maximum atomic E-state index is 13.1. The first-order valence-electron chi connectivity index (χ1n) is 5.01. The summed E-state index contributed by atoms with van der Waals surface area (Å²) in [7, 11) is 0. The molecular formula is C12H12ClFN2. The summed E-state index contributed by atoms with van der Waals surface area (Å²) in [5.41, 5.74) is 2.73. The van der Waals surface area contributed by atoms with E-state index in [1.165, 1.54) is 12.1 Å². The van der Waals surface area contributed by atoms with Crippen LogP contribution in [0.2, 0.25) is 5.02 Å². The molecule has 0 saturated heterocycles.